The van der Waals surface area contributed by atoms with Crippen molar-refractivity contribution >= 4 is 41.7 Å². The second-order valence-corrected chi connectivity index (χ2v) is 8.34. The van der Waals surface area contributed by atoms with E-state index in [1.807, 2.05) is 18.8 Å². The molecule has 1 heterocycles. The number of nitrogens with zero attached hydrogens (tertiary/aromatic N) is 2. The van der Waals surface area contributed by atoms with E-state index in [2.05, 4.69) is 76.0 Å². The SMILES string of the molecule is CN=C(NCCSc1ccc(C)cc1)NCc1ccccc1CN1CCOCC1.I. The predicted octanol–water partition coefficient (Wildman–Crippen LogP) is 3.90. The van der Waals surface area contributed by atoms with E-state index in [1.165, 1.54) is 21.6 Å². The molecule has 5 nitrogen and oxygen atoms in total. The first-order valence-electron chi connectivity index (χ1n) is 10.3. The number of nitrogens with one attached hydrogen (secondary N) is 2. The molecule has 1 fully saturated rings. The maximum absolute atomic E-state index is 5.46. The van der Waals surface area contributed by atoms with Gasteiger partial charge in [-0.05, 0) is 30.2 Å². The smallest absolute Gasteiger partial charge is 0.191 e. The van der Waals surface area contributed by atoms with Gasteiger partial charge in [0.15, 0.2) is 5.96 Å². The molecule has 0 bridgehead atoms. The number of halogens is 1. The summed E-state index contributed by atoms with van der Waals surface area (Å²) in [7, 11) is 1.82. The van der Waals surface area contributed by atoms with Crippen molar-refractivity contribution in [2.45, 2.75) is 24.9 Å². The van der Waals surface area contributed by atoms with E-state index in [0.29, 0.717) is 0 Å². The first-order valence-corrected chi connectivity index (χ1v) is 11.2. The highest BCUT2D eigenvalue weighted by Gasteiger charge is 2.12. The number of hydrogen-bond acceptors (Lipinski definition) is 4. The van der Waals surface area contributed by atoms with Gasteiger partial charge in [-0.15, -0.1) is 35.7 Å². The van der Waals surface area contributed by atoms with Crippen molar-refractivity contribution in [1.29, 1.82) is 0 Å². The molecule has 0 amide bonds. The summed E-state index contributed by atoms with van der Waals surface area (Å²) in [5, 5.41) is 6.87. The van der Waals surface area contributed by atoms with Crippen LogP contribution >= 0.6 is 35.7 Å². The number of ether oxygens (including phenoxy) is 1. The molecule has 164 valence electrons. The topological polar surface area (TPSA) is 48.9 Å². The van der Waals surface area contributed by atoms with E-state index >= 15 is 0 Å². The lowest BCUT2D eigenvalue weighted by Gasteiger charge is -2.27. The van der Waals surface area contributed by atoms with Gasteiger partial charge in [0, 0.05) is 50.4 Å². The van der Waals surface area contributed by atoms with Crippen LogP contribution in [-0.2, 0) is 17.8 Å². The summed E-state index contributed by atoms with van der Waals surface area (Å²) in [6, 6.07) is 17.3. The lowest BCUT2D eigenvalue weighted by molar-refractivity contribution is 0.0341. The molecule has 0 saturated carbocycles. The maximum atomic E-state index is 5.46. The highest BCUT2D eigenvalue weighted by molar-refractivity contribution is 14.0. The van der Waals surface area contributed by atoms with E-state index in [9.17, 15) is 0 Å². The van der Waals surface area contributed by atoms with Crippen LogP contribution in [0.1, 0.15) is 16.7 Å². The van der Waals surface area contributed by atoms with Gasteiger partial charge in [0.05, 0.1) is 13.2 Å². The molecule has 0 atom stereocenters. The Morgan fingerprint density at radius 3 is 2.43 bits per heavy atom. The zero-order chi connectivity index (χ0) is 20.3. The molecular weight excluding hydrogens is 507 g/mol. The molecule has 1 aliphatic rings. The van der Waals surface area contributed by atoms with E-state index < -0.39 is 0 Å². The second kappa shape index (κ2) is 13.9. The summed E-state index contributed by atoms with van der Waals surface area (Å²) in [4.78, 5) is 8.12. The Morgan fingerprint density at radius 2 is 1.73 bits per heavy atom. The third-order valence-electron chi connectivity index (χ3n) is 4.97. The van der Waals surface area contributed by atoms with Crippen molar-refractivity contribution in [2.75, 3.05) is 45.6 Å². The molecule has 1 saturated heterocycles. The predicted molar refractivity (Wildman–Crippen MR) is 138 cm³/mol. The van der Waals surface area contributed by atoms with Crippen molar-refractivity contribution in [3.05, 3.63) is 65.2 Å². The van der Waals surface area contributed by atoms with Gasteiger partial charge in [0.25, 0.3) is 0 Å². The molecule has 0 unspecified atom stereocenters. The van der Waals surface area contributed by atoms with Crippen LogP contribution in [0, 0.1) is 6.92 Å². The minimum atomic E-state index is 0. The third kappa shape index (κ3) is 8.45. The number of aryl methyl sites for hydroxylation is 1. The largest absolute Gasteiger partial charge is 0.379 e. The van der Waals surface area contributed by atoms with Crippen molar-refractivity contribution in [2.24, 2.45) is 4.99 Å². The number of rotatable bonds is 8. The molecule has 0 aliphatic carbocycles. The van der Waals surface area contributed by atoms with E-state index in [-0.39, 0.29) is 24.0 Å². The average molecular weight is 541 g/mol. The quantitative estimate of drug-likeness (QED) is 0.175. The Kier molecular flexibility index (Phi) is 11.6. The Bertz CT molecular complexity index is 779. The Hall–Kier alpha value is -1.29. The molecular formula is C23H33IN4OS. The Labute approximate surface area is 202 Å². The maximum Gasteiger partial charge on any atom is 0.191 e. The van der Waals surface area contributed by atoms with Crippen LogP contribution in [0.25, 0.3) is 0 Å². The van der Waals surface area contributed by atoms with Crippen LogP contribution in [-0.4, -0.2) is 56.5 Å². The van der Waals surface area contributed by atoms with Crippen LogP contribution in [0.2, 0.25) is 0 Å². The molecule has 2 aromatic rings. The summed E-state index contributed by atoms with van der Waals surface area (Å²) in [6.07, 6.45) is 0. The lowest BCUT2D eigenvalue weighted by atomic mass is 10.1. The summed E-state index contributed by atoms with van der Waals surface area (Å²) in [5.41, 5.74) is 3.98. The fourth-order valence-corrected chi connectivity index (χ4v) is 4.03. The minimum Gasteiger partial charge on any atom is -0.379 e. The van der Waals surface area contributed by atoms with Gasteiger partial charge in [-0.1, -0.05) is 42.0 Å². The molecule has 0 radical (unpaired) electrons. The number of morpholine rings is 1. The standard InChI is InChI=1S/C23H32N4OS.HI/c1-19-7-9-22(10-8-19)29-16-11-25-23(24-2)26-17-20-5-3-4-6-21(20)18-27-12-14-28-15-13-27;/h3-10H,11-18H2,1-2H3,(H2,24,25,26);1H. The van der Waals surface area contributed by atoms with Gasteiger partial charge in [-0.25, -0.2) is 0 Å². The zero-order valence-corrected chi connectivity index (χ0v) is 21.0. The van der Waals surface area contributed by atoms with E-state index in [4.69, 9.17) is 4.74 Å². The van der Waals surface area contributed by atoms with Crippen molar-refractivity contribution in [3.8, 4) is 0 Å². The molecule has 30 heavy (non-hydrogen) atoms. The van der Waals surface area contributed by atoms with Gasteiger partial charge in [0.1, 0.15) is 0 Å². The monoisotopic (exact) mass is 540 g/mol. The molecule has 2 aromatic carbocycles. The van der Waals surface area contributed by atoms with Crippen LogP contribution < -0.4 is 10.6 Å². The number of aliphatic imine (C=N–C) groups is 1. The van der Waals surface area contributed by atoms with Crippen molar-refractivity contribution < 1.29 is 4.74 Å². The van der Waals surface area contributed by atoms with Gasteiger partial charge >= 0.3 is 0 Å². The van der Waals surface area contributed by atoms with E-state index in [0.717, 1.165) is 57.6 Å². The van der Waals surface area contributed by atoms with E-state index in [1.54, 1.807) is 0 Å². The van der Waals surface area contributed by atoms with Gasteiger partial charge in [0.2, 0.25) is 0 Å². The number of benzene rings is 2. The second-order valence-electron chi connectivity index (χ2n) is 7.17. The van der Waals surface area contributed by atoms with Gasteiger partial charge < -0.3 is 15.4 Å². The normalized spacial score (nSPS) is 14.8. The fourth-order valence-electron chi connectivity index (χ4n) is 3.26. The van der Waals surface area contributed by atoms with Crippen LogP contribution in [0.15, 0.2) is 58.4 Å². The summed E-state index contributed by atoms with van der Waals surface area (Å²) in [6.45, 7) is 8.40. The van der Waals surface area contributed by atoms with Crippen molar-refractivity contribution in [1.82, 2.24) is 15.5 Å². The number of guanidine groups is 1. The lowest BCUT2D eigenvalue weighted by Crippen LogP contribution is -2.38. The van der Waals surface area contributed by atoms with Crippen molar-refractivity contribution in [3.63, 3.8) is 0 Å². The summed E-state index contributed by atoms with van der Waals surface area (Å²) >= 11 is 1.86. The minimum absolute atomic E-state index is 0. The van der Waals surface area contributed by atoms with Gasteiger partial charge in [-0.2, -0.15) is 0 Å². The average Bonchev–Trinajstić information content (AvgIpc) is 2.76. The zero-order valence-electron chi connectivity index (χ0n) is 17.9. The first kappa shape index (κ1) is 25.0. The van der Waals surface area contributed by atoms with Crippen LogP contribution in [0.3, 0.4) is 0 Å². The molecule has 2 N–H and O–H groups in total. The first-order chi connectivity index (χ1) is 14.2. The Balaban J connectivity index is 0.00000320. The Morgan fingerprint density at radius 1 is 1.03 bits per heavy atom. The molecule has 0 aromatic heterocycles. The fraction of sp³-hybridized carbons (Fsp3) is 0.435. The van der Waals surface area contributed by atoms with Crippen LogP contribution in [0.5, 0.6) is 0 Å². The third-order valence-corrected chi connectivity index (χ3v) is 5.98. The number of hydrogen-bond donors (Lipinski definition) is 2. The molecule has 7 heteroatoms. The van der Waals surface area contributed by atoms with Crippen LogP contribution in [0.4, 0.5) is 0 Å². The van der Waals surface area contributed by atoms with Gasteiger partial charge in [-0.3, -0.25) is 9.89 Å². The molecule has 1 aliphatic heterocycles. The highest BCUT2D eigenvalue weighted by Crippen LogP contribution is 2.17. The molecule has 3 rings (SSSR count). The summed E-state index contributed by atoms with van der Waals surface area (Å²) in [5.74, 6) is 1.84. The number of thioether (sulfide) groups is 1. The molecule has 0 spiro atoms. The summed E-state index contributed by atoms with van der Waals surface area (Å²) < 4.78 is 5.46. The highest BCUT2D eigenvalue weighted by atomic mass is 127.